The summed E-state index contributed by atoms with van der Waals surface area (Å²) in [6.45, 7) is 5.69. The molecule has 3 rings (SSSR count). The molecule has 0 bridgehead atoms. The van der Waals surface area contributed by atoms with Crippen molar-refractivity contribution in [2.45, 2.75) is 43.4 Å². The molecule has 33 heavy (non-hydrogen) atoms. The van der Waals surface area contributed by atoms with Crippen molar-refractivity contribution in [2.75, 3.05) is 13.1 Å². The van der Waals surface area contributed by atoms with Gasteiger partial charge in [0.25, 0.3) is 10.0 Å². The number of ether oxygens (including phenoxy) is 1. The second-order valence-corrected chi connectivity index (χ2v) is 11.3. The number of aromatic nitrogens is 1. The summed E-state index contributed by atoms with van der Waals surface area (Å²) in [5, 5.41) is 9.20. The smallest absolute Gasteiger partial charge is 0.347 e. The highest BCUT2D eigenvalue weighted by Gasteiger charge is 2.29. The van der Waals surface area contributed by atoms with Crippen LogP contribution in [-0.2, 0) is 21.2 Å². The highest BCUT2D eigenvalue weighted by molar-refractivity contribution is 7.91. The number of nitrogens with zero attached hydrogens (tertiary/aromatic N) is 2. The molecular weight excluding hydrogens is 460 g/mol. The summed E-state index contributed by atoms with van der Waals surface area (Å²) in [6.07, 6.45) is 2.92. The lowest BCUT2D eigenvalue weighted by molar-refractivity contribution is -0.152. The van der Waals surface area contributed by atoms with Crippen LogP contribution in [0.1, 0.15) is 32.8 Å². The number of carbonyl (C=O) groups is 1. The zero-order valence-corrected chi connectivity index (χ0v) is 20.5. The van der Waals surface area contributed by atoms with Crippen molar-refractivity contribution in [2.24, 2.45) is 0 Å². The van der Waals surface area contributed by atoms with Gasteiger partial charge in [-0.15, -0.1) is 11.3 Å². The maximum absolute atomic E-state index is 13.3. The average molecular weight is 489 g/mol. The summed E-state index contributed by atoms with van der Waals surface area (Å²) in [6, 6.07) is 16.1. The van der Waals surface area contributed by atoms with Crippen molar-refractivity contribution >= 4 is 27.3 Å². The molecule has 0 fully saturated rings. The van der Waals surface area contributed by atoms with E-state index in [4.69, 9.17) is 4.74 Å². The van der Waals surface area contributed by atoms with Crippen molar-refractivity contribution < 1.29 is 23.1 Å². The maximum atomic E-state index is 13.3. The van der Waals surface area contributed by atoms with Crippen LogP contribution in [0.2, 0.25) is 0 Å². The molecule has 3 aromatic rings. The van der Waals surface area contributed by atoms with Crippen LogP contribution < -0.4 is 4.74 Å². The molecule has 0 radical (unpaired) electrons. The first-order valence-corrected chi connectivity index (χ1v) is 12.9. The fraction of sp³-hybridized carbons (Fsp3) is 0.333. The predicted octanol–water partition coefficient (Wildman–Crippen LogP) is 4.70. The van der Waals surface area contributed by atoms with E-state index >= 15 is 0 Å². The molecule has 0 aliphatic carbocycles. The van der Waals surface area contributed by atoms with E-state index in [1.54, 1.807) is 30.5 Å². The van der Waals surface area contributed by atoms with E-state index in [1.807, 2.05) is 37.3 Å². The molecule has 0 saturated carbocycles. The van der Waals surface area contributed by atoms with Crippen LogP contribution >= 0.6 is 11.3 Å². The largest absolute Gasteiger partial charge is 0.478 e. The number of rotatable bonds is 11. The average Bonchev–Trinajstić information content (AvgIpc) is 3.29. The summed E-state index contributed by atoms with van der Waals surface area (Å²) in [5.74, 6) is -0.600. The van der Waals surface area contributed by atoms with E-state index in [-0.39, 0.29) is 0 Å². The zero-order valence-electron chi connectivity index (χ0n) is 18.9. The minimum Gasteiger partial charge on any atom is -0.478 e. The molecule has 2 heterocycles. The van der Waals surface area contributed by atoms with Crippen LogP contribution in [0.4, 0.5) is 0 Å². The van der Waals surface area contributed by atoms with Crippen molar-refractivity contribution in [3.05, 3.63) is 66.4 Å². The quantitative estimate of drug-likeness (QED) is 0.420. The highest BCUT2D eigenvalue weighted by atomic mass is 32.2. The molecular formula is C24H28N2O5S2. The minimum absolute atomic E-state index is 0.302. The third-order valence-corrected chi connectivity index (χ3v) is 8.50. The first-order chi connectivity index (χ1) is 15.6. The number of hydrogen-bond acceptors (Lipinski definition) is 6. The third-order valence-electron chi connectivity index (χ3n) is 5.03. The molecule has 0 spiro atoms. The number of benzene rings is 1. The first kappa shape index (κ1) is 24.9. The number of sulfonamides is 1. The Bertz CT molecular complexity index is 1170. The predicted molar refractivity (Wildman–Crippen MR) is 129 cm³/mol. The number of pyridine rings is 1. The van der Waals surface area contributed by atoms with Crippen molar-refractivity contribution in [3.63, 3.8) is 0 Å². The lowest BCUT2D eigenvalue weighted by atomic mass is 10.1. The number of hydrogen-bond donors (Lipinski definition) is 1. The zero-order chi connectivity index (χ0) is 24.1. The summed E-state index contributed by atoms with van der Waals surface area (Å²) in [4.78, 5) is 16.3. The number of aliphatic carboxylic acids is 1. The Kier molecular flexibility index (Phi) is 7.88. The molecule has 7 nitrogen and oxygen atoms in total. The molecule has 9 heteroatoms. The number of carboxylic acid groups (broad SMARTS) is 1. The van der Waals surface area contributed by atoms with Gasteiger partial charge >= 0.3 is 5.97 Å². The molecule has 0 aliphatic rings. The molecule has 1 aromatic carbocycles. The molecule has 176 valence electrons. The van der Waals surface area contributed by atoms with Crippen LogP contribution in [0.15, 0.2) is 65.0 Å². The summed E-state index contributed by atoms with van der Waals surface area (Å²) >= 11 is 1.22. The van der Waals surface area contributed by atoms with E-state index in [2.05, 4.69) is 4.98 Å². The lowest BCUT2D eigenvalue weighted by Gasteiger charge is -2.22. The van der Waals surface area contributed by atoms with Gasteiger partial charge in [0, 0.05) is 19.3 Å². The number of thiophene rings is 1. The van der Waals surface area contributed by atoms with Crippen molar-refractivity contribution in [1.82, 2.24) is 9.29 Å². The second kappa shape index (κ2) is 10.5. The van der Waals surface area contributed by atoms with Crippen LogP contribution in [0.25, 0.3) is 10.6 Å². The molecule has 0 saturated heterocycles. The van der Waals surface area contributed by atoms with Crippen LogP contribution in [0.5, 0.6) is 5.75 Å². The van der Waals surface area contributed by atoms with Gasteiger partial charge in [0.05, 0.1) is 10.6 Å². The highest BCUT2D eigenvalue weighted by Crippen LogP contribution is 2.31. The van der Waals surface area contributed by atoms with E-state index in [1.165, 1.54) is 29.5 Å². The Balaban J connectivity index is 1.70. The van der Waals surface area contributed by atoms with Gasteiger partial charge in [-0.2, -0.15) is 4.31 Å². The summed E-state index contributed by atoms with van der Waals surface area (Å²) in [5.41, 5.74) is 0.356. The molecule has 1 N–H and O–H groups in total. The Morgan fingerprint density at radius 3 is 2.42 bits per heavy atom. The lowest BCUT2D eigenvalue weighted by Crippen LogP contribution is -2.37. The maximum Gasteiger partial charge on any atom is 0.347 e. The van der Waals surface area contributed by atoms with Gasteiger partial charge in [-0.05, 0) is 68.7 Å². The van der Waals surface area contributed by atoms with Gasteiger partial charge in [0.15, 0.2) is 5.60 Å². The van der Waals surface area contributed by atoms with Gasteiger partial charge in [-0.1, -0.05) is 25.1 Å². The standard InChI is InChI=1S/C24H28N2O5S2/c1-4-16-26(17-14-18-8-10-19(11-9-18)31-24(2,3)23(27)28)33(29,30)22-13-12-21(32-22)20-7-5-6-15-25-20/h5-13,15H,4,14,16-17H2,1-3H3,(H,27,28). The van der Waals surface area contributed by atoms with Gasteiger partial charge in [0.1, 0.15) is 9.96 Å². The van der Waals surface area contributed by atoms with Gasteiger partial charge in [0.2, 0.25) is 0 Å². The fourth-order valence-corrected chi connectivity index (χ4v) is 6.12. The van der Waals surface area contributed by atoms with Crippen LogP contribution in [0, 0.1) is 0 Å². The van der Waals surface area contributed by atoms with Crippen molar-refractivity contribution in [3.8, 4) is 16.3 Å². The van der Waals surface area contributed by atoms with E-state index in [9.17, 15) is 18.3 Å². The fourth-order valence-electron chi connectivity index (χ4n) is 3.15. The van der Waals surface area contributed by atoms with E-state index in [0.717, 1.165) is 16.1 Å². The first-order valence-electron chi connectivity index (χ1n) is 10.7. The van der Waals surface area contributed by atoms with E-state index < -0.39 is 21.6 Å². The second-order valence-electron chi connectivity index (χ2n) is 8.05. The SMILES string of the molecule is CCCN(CCc1ccc(OC(C)(C)C(=O)O)cc1)S(=O)(=O)c1ccc(-c2ccccn2)s1. The van der Waals surface area contributed by atoms with Gasteiger partial charge in [-0.3, -0.25) is 4.98 Å². The van der Waals surface area contributed by atoms with Crippen LogP contribution in [0.3, 0.4) is 0 Å². The summed E-state index contributed by atoms with van der Waals surface area (Å²) in [7, 11) is -3.63. The number of carboxylic acids is 1. The molecule has 2 aromatic heterocycles. The van der Waals surface area contributed by atoms with Crippen LogP contribution in [-0.4, -0.2) is 47.5 Å². The van der Waals surface area contributed by atoms with E-state index in [0.29, 0.717) is 35.9 Å². The molecule has 0 atom stereocenters. The molecule has 0 unspecified atom stereocenters. The Morgan fingerprint density at radius 1 is 1.09 bits per heavy atom. The van der Waals surface area contributed by atoms with Crippen molar-refractivity contribution in [1.29, 1.82) is 0 Å². The topological polar surface area (TPSA) is 96.8 Å². The Labute approximate surface area is 198 Å². The summed E-state index contributed by atoms with van der Waals surface area (Å²) < 4.78 is 33.9. The Hall–Kier alpha value is -2.75. The minimum atomic E-state index is -3.63. The van der Waals surface area contributed by atoms with Gasteiger partial charge in [-0.25, -0.2) is 13.2 Å². The monoisotopic (exact) mass is 488 g/mol. The molecule has 0 aliphatic heterocycles. The van der Waals surface area contributed by atoms with Gasteiger partial charge < -0.3 is 9.84 Å². The third kappa shape index (κ3) is 6.19. The molecule has 0 amide bonds. The normalized spacial score (nSPS) is 12.1. The Morgan fingerprint density at radius 2 is 1.82 bits per heavy atom.